The second-order valence-electron chi connectivity index (χ2n) is 4.01. The highest BCUT2D eigenvalue weighted by atomic mass is 16.6. The van der Waals surface area contributed by atoms with Crippen LogP contribution in [0, 0.1) is 0 Å². The van der Waals surface area contributed by atoms with Gasteiger partial charge in [-0.2, -0.15) is 0 Å². The molecule has 2 unspecified atom stereocenters. The molecule has 0 spiro atoms. The van der Waals surface area contributed by atoms with Crippen LogP contribution in [0.4, 0.5) is 0 Å². The molecule has 0 saturated carbocycles. The molecule has 2 atom stereocenters. The summed E-state index contributed by atoms with van der Waals surface area (Å²) in [7, 11) is 0. The van der Waals surface area contributed by atoms with Crippen molar-refractivity contribution in [3.63, 3.8) is 0 Å². The van der Waals surface area contributed by atoms with Gasteiger partial charge >= 0.3 is 5.97 Å². The molecular weight excluding hydrogens is 194 g/mol. The van der Waals surface area contributed by atoms with Crippen LogP contribution in [0.3, 0.4) is 0 Å². The average molecular weight is 215 g/mol. The number of nitrogens with two attached hydrogens (primary N) is 1. The van der Waals surface area contributed by atoms with E-state index in [4.69, 9.17) is 15.2 Å². The minimum atomic E-state index is -0.466. The third-order valence-corrected chi connectivity index (χ3v) is 2.61. The van der Waals surface area contributed by atoms with Crippen molar-refractivity contribution in [2.24, 2.45) is 5.73 Å². The largest absolute Gasteiger partial charge is 0.462 e. The Morgan fingerprint density at radius 2 is 2.47 bits per heavy atom. The van der Waals surface area contributed by atoms with Crippen molar-refractivity contribution in [1.82, 2.24) is 0 Å². The lowest BCUT2D eigenvalue weighted by Gasteiger charge is -2.13. The summed E-state index contributed by atoms with van der Waals surface area (Å²) in [6, 6.07) is -0.466. The Morgan fingerprint density at radius 3 is 3.07 bits per heavy atom. The van der Waals surface area contributed by atoms with Crippen LogP contribution in [0.5, 0.6) is 0 Å². The number of esters is 1. The lowest BCUT2D eigenvalue weighted by molar-refractivity contribution is -0.148. The molecule has 0 aromatic heterocycles. The van der Waals surface area contributed by atoms with Crippen molar-refractivity contribution in [3.8, 4) is 0 Å². The van der Waals surface area contributed by atoms with E-state index in [9.17, 15) is 4.79 Å². The molecule has 0 bridgehead atoms. The second kappa shape index (κ2) is 6.80. The minimum Gasteiger partial charge on any atom is -0.462 e. The van der Waals surface area contributed by atoms with Crippen LogP contribution in [-0.2, 0) is 14.3 Å². The van der Waals surface area contributed by atoms with Gasteiger partial charge in [0.1, 0.15) is 12.6 Å². The van der Waals surface area contributed by atoms with Crippen LogP contribution in [0.25, 0.3) is 0 Å². The van der Waals surface area contributed by atoms with Gasteiger partial charge < -0.3 is 15.2 Å². The SMILES string of the molecule is CCCCC(N)C(=O)OCC1CCCO1. The zero-order valence-corrected chi connectivity index (χ0v) is 9.41. The van der Waals surface area contributed by atoms with E-state index in [2.05, 4.69) is 6.92 Å². The van der Waals surface area contributed by atoms with E-state index in [0.717, 1.165) is 32.3 Å². The molecule has 1 aliphatic heterocycles. The van der Waals surface area contributed by atoms with E-state index in [1.54, 1.807) is 0 Å². The van der Waals surface area contributed by atoms with E-state index >= 15 is 0 Å². The van der Waals surface area contributed by atoms with E-state index in [1.165, 1.54) is 0 Å². The van der Waals surface area contributed by atoms with E-state index in [1.807, 2.05) is 0 Å². The molecule has 4 nitrogen and oxygen atoms in total. The van der Waals surface area contributed by atoms with Crippen LogP contribution in [-0.4, -0.2) is 31.3 Å². The lowest BCUT2D eigenvalue weighted by Crippen LogP contribution is -2.34. The molecule has 2 N–H and O–H groups in total. The predicted molar refractivity (Wildman–Crippen MR) is 57.4 cm³/mol. The first-order valence-corrected chi connectivity index (χ1v) is 5.78. The first-order chi connectivity index (χ1) is 7.24. The Labute approximate surface area is 91.1 Å². The summed E-state index contributed by atoms with van der Waals surface area (Å²) in [6.45, 7) is 3.22. The van der Waals surface area contributed by atoms with Gasteiger partial charge in [0.2, 0.25) is 0 Å². The van der Waals surface area contributed by atoms with Crippen molar-refractivity contribution in [2.75, 3.05) is 13.2 Å². The van der Waals surface area contributed by atoms with E-state index in [0.29, 0.717) is 13.0 Å². The third kappa shape index (κ3) is 4.62. The molecule has 0 aromatic rings. The molecule has 0 radical (unpaired) electrons. The quantitative estimate of drug-likeness (QED) is 0.677. The molecule has 0 aliphatic carbocycles. The number of carbonyl (C=O) groups excluding carboxylic acids is 1. The Kier molecular flexibility index (Phi) is 5.65. The summed E-state index contributed by atoms with van der Waals surface area (Å²) in [5.74, 6) is -0.293. The fourth-order valence-corrected chi connectivity index (χ4v) is 1.60. The highest BCUT2D eigenvalue weighted by Crippen LogP contribution is 2.12. The topological polar surface area (TPSA) is 61.6 Å². The number of ether oxygens (including phenoxy) is 2. The summed E-state index contributed by atoms with van der Waals surface area (Å²) in [6.07, 6.45) is 4.86. The van der Waals surface area contributed by atoms with Crippen molar-refractivity contribution in [1.29, 1.82) is 0 Å². The Balaban J connectivity index is 2.11. The maximum atomic E-state index is 11.4. The number of hydrogen-bond acceptors (Lipinski definition) is 4. The molecular formula is C11H21NO3. The molecule has 88 valence electrons. The molecule has 1 saturated heterocycles. The summed E-state index contributed by atoms with van der Waals surface area (Å²) >= 11 is 0. The van der Waals surface area contributed by atoms with Gasteiger partial charge in [-0.1, -0.05) is 19.8 Å². The highest BCUT2D eigenvalue weighted by molar-refractivity contribution is 5.75. The number of carbonyl (C=O) groups is 1. The van der Waals surface area contributed by atoms with Gasteiger partial charge in [0.05, 0.1) is 6.10 Å². The molecule has 1 fully saturated rings. The van der Waals surface area contributed by atoms with Crippen LogP contribution in [0.1, 0.15) is 39.0 Å². The molecule has 0 amide bonds. The van der Waals surface area contributed by atoms with Crippen LogP contribution in [0.15, 0.2) is 0 Å². The molecule has 1 aliphatic rings. The fraction of sp³-hybridized carbons (Fsp3) is 0.909. The van der Waals surface area contributed by atoms with Gasteiger partial charge in [0, 0.05) is 6.61 Å². The Hall–Kier alpha value is -0.610. The number of rotatable bonds is 6. The normalized spacial score (nSPS) is 22.7. The molecule has 0 aromatic carbocycles. The maximum Gasteiger partial charge on any atom is 0.322 e. The maximum absolute atomic E-state index is 11.4. The minimum absolute atomic E-state index is 0.0901. The smallest absolute Gasteiger partial charge is 0.322 e. The Morgan fingerprint density at radius 1 is 1.67 bits per heavy atom. The van der Waals surface area contributed by atoms with Gasteiger partial charge in [-0.05, 0) is 19.3 Å². The number of unbranched alkanes of at least 4 members (excludes halogenated alkanes) is 1. The predicted octanol–water partition coefficient (Wildman–Crippen LogP) is 1.23. The van der Waals surface area contributed by atoms with Crippen LogP contribution >= 0.6 is 0 Å². The number of hydrogen-bond donors (Lipinski definition) is 1. The van der Waals surface area contributed by atoms with Crippen molar-refractivity contribution >= 4 is 5.97 Å². The lowest BCUT2D eigenvalue weighted by atomic mass is 10.1. The van der Waals surface area contributed by atoms with Gasteiger partial charge in [0.15, 0.2) is 0 Å². The zero-order chi connectivity index (χ0) is 11.1. The van der Waals surface area contributed by atoms with Crippen LogP contribution in [0.2, 0.25) is 0 Å². The van der Waals surface area contributed by atoms with Gasteiger partial charge in [-0.3, -0.25) is 4.79 Å². The van der Waals surface area contributed by atoms with Gasteiger partial charge in [0.25, 0.3) is 0 Å². The molecule has 4 heteroatoms. The Bertz CT molecular complexity index is 190. The average Bonchev–Trinajstić information content (AvgIpc) is 2.75. The van der Waals surface area contributed by atoms with Crippen molar-refractivity contribution in [2.45, 2.75) is 51.2 Å². The first-order valence-electron chi connectivity index (χ1n) is 5.78. The first kappa shape index (κ1) is 12.5. The molecule has 1 rings (SSSR count). The monoisotopic (exact) mass is 215 g/mol. The van der Waals surface area contributed by atoms with Crippen molar-refractivity contribution in [3.05, 3.63) is 0 Å². The van der Waals surface area contributed by atoms with E-state index < -0.39 is 6.04 Å². The molecule has 15 heavy (non-hydrogen) atoms. The van der Waals surface area contributed by atoms with Crippen molar-refractivity contribution < 1.29 is 14.3 Å². The van der Waals surface area contributed by atoms with E-state index in [-0.39, 0.29) is 12.1 Å². The standard InChI is InChI=1S/C11H21NO3/c1-2-3-6-10(12)11(13)15-8-9-5-4-7-14-9/h9-10H,2-8,12H2,1H3. The summed E-state index contributed by atoms with van der Waals surface area (Å²) in [4.78, 5) is 11.4. The second-order valence-corrected chi connectivity index (χ2v) is 4.01. The van der Waals surface area contributed by atoms with Crippen LogP contribution < -0.4 is 5.73 Å². The summed E-state index contributed by atoms with van der Waals surface area (Å²) in [5.41, 5.74) is 5.67. The third-order valence-electron chi connectivity index (χ3n) is 2.61. The van der Waals surface area contributed by atoms with Gasteiger partial charge in [-0.15, -0.1) is 0 Å². The fourth-order valence-electron chi connectivity index (χ4n) is 1.60. The summed E-state index contributed by atoms with van der Waals surface area (Å²) < 4.78 is 10.4. The summed E-state index contributed by atoms with van der Waals surface area (Å²) in [5, 5.41) is 0. The molecule has 1 heterocycles. The highest BCUT2D eigenvalue weighted by Gasteiger charge is 2.20. The van der Waals surface area contributed by atoms with Gasteiger partial charge in [-0.25, -0.2) is 0 Å². The zero-order valence-electron chi connectivity index (χ0n) is 9.41.